The van der Waals surface area contributed by atoms with Crippen LogP contribution in [-0.4, -0.2) is 29.7 Å². The standard InChI is InChI=1S/C13H25N5O/c1-6-19-8-7-15-10-9(2)11(18-14)17-12(16-10)13(3,4)5/h6-8,14H2,1-5H3,(H2,15,16,17,18). The third-order valence-corrected chi connectivity index (χ3v) is 2.70. The lowest BCUT2D eigenvalue weighted by Crippen LogP contribution is -2.22. The largest absolute Gasteiger partial charge is 0.380 e. The number of rotatable bonds is 6. The Kier molecular flexibility index (Phi) is 5.50. The summed E-state index contributed by atoms with van der Waals surface area (Å²) in [5, 5.41) is 3.26. The van der Waals surface area contributed by atoms with Gasteiger partial charge in [-0.05, 0) is 13.8 Å². The molecule has 0 fully saturated rings. The van der Waals surface area contributed by atoms with Crippen molar-refractivity contribution in [2.75, 3.05) is 30.5 Å². The molecule has 0 aliphatic heterocycles. The van der Waals surface area contributed by atoms with Crippen LogP contribution in [-0.2, 0) is 10.2 Å². The molecule has 0 bridgehead atoms. The van der Waals surface area contributed by atoms with Crippen LogP contribution in [0.1, 0.15) is 39.1 Å². The van der Waals surface area contributed by atoms with Gasteiger partial charge in [0.2, 0.25) is 0 Å². The molecule has 6 heteroatoms. The molecule has 0 spiro atoms. The van der Waals surface area contributed by atoms with Gasteiger partial charge in [0.1, 0.15) is 17.5 Å². The molecule has 1 heterocycles. The molecule has 0 atom stereocenters. The lowest BCUT2D eigenvalue weighted by molar-refractivity contribution is 0.158. The van der Waals surface area contributed by atoms with Gasteiger partial charge in [-0.3, -0.25) is 0 Å². The lowest BCUT2D eigenvalue weighted by Gasteiger charge is -2.20. The minimum absolute atomic E-state index is 0.129. The number of nitrogen functional groups attached to an aromatic ring is 1. The Morgan fingerprint density at radius 1 is 1.21 bits per heavy atom. The molecule has 0 amide bonds. The molecular formula is C13H25N5O. The van der Waals surface area contributed by atoms with Crippen LogP contribution in [0, 0.1) is 6.92 Å². The van der Waals surface area contributed by atoms with Gasteiger partial charge in [-0.25, -0.2) is 15.8 Å². The Balaban J connectivity index is 2.95. The van der Waals surface area contributed by atoms with Gasteiger partial charge in [-0.15, -0.1) is 0 Å². The van der Waals surface area contributed by atoms with Crippen molar-refractivity contribution in [2.45, 2.75) is 40.0 Å². The van der Waals surface area contributed by atoms with E-state index < -0.39 is 0 Å². The van der Waals surface area contributed by atoms with Gasteiger partial charge in [0.25, 0.3) is 0 Å². The minimum atomic E-state index is -0.129. The molecule has 1 rings (SSSR count). The van der Waals surface area contributed by atoms with Crippen molar-refractivity contribution >= 4 is 11.6 Å². The Labute approximate surface area is 115 Å². The van der Waals surface area contributed by atoms with Gasteiger partial charge in [-0.2, -0.15) is 0 Å². The summed E-state index contributed by atoms with van der Waals surface area (Å²) in [5.41, 5.74) is 3.41. The summed E-state index contributed by atoms with van der Waals surface area (Å²) < 4.78 is 5.30. The van der Waals surface area contributed by atoms with Crippen molar-refractivity contribution in [2.24, 2.45) is 5.84 Å². The zero-order valence-corrected chi connectivity index (χ0v) is 12.5. The number of aromatic nitrogens is 2. The van der Waals surface area contributed by atoms with Crippen LogP contribution in [0.15, 0.2) is 0 Å². The van der Waals surface area contributed by atoms with Crippen LogP contribution < -0.4 is 16.6 Å². The summed E-state index contributed by atoms with van der Waals surface area (Å²) >= 11 is 0. The second-order valence-corrected chi connectivity index (χ2v) is 5.39. The van der Waals surface area contributed by atoms with Crippen molar-refractivity contribution < 1.29 is 4.74 Å². The van der Waals surface area contributed by atoms with E-state index in [0.29, 0.717) is 25.6 Å². The smallest absolute Gasteiger partial charge is 0.148 e. The average molecular weight is 267 g/mol. The summed E-state index contributed by atoms with van der Waals surface area (Å²) in [6.45, 7) is 12.2. The highest BCUT2D eigenvalue weighted by molar-refractivity contribution is 5.57. The fourth-order valence-electron chi connectivity index (χ4n) is 1.55. The molecule has 6 nitrogen and oxygen atoms in total. The molecule has 4 N–H and O–H groups in total. The average Bonchev–Trinajstić information content (AvgIpc) is 2.35. The number of hydrogen-bond donors (Lipinski definition) is 3. The summed E-state index contributed by atoms with van der Waals surface area (Å²) in [7, 11) is 0. The van der Waals surface area contributed by atoms with Gasteiger partial charge in [-0.1, -0.05) is 20.8 Å². The molecule has 108 valence electrons. The van der Waals surface area contributed by atoms with Gasteiger partial charge in [0, 0.05) is 24.1 Å². The number of hydrazine groups is 1. The third kappa shape index (κ3) is 4.33. The molecule has 0 unspecified atom stereocenters. The highest BCUT2D eigenvalue weighted by Crippen LogP contribution is 2.25. The van der Waals surface area contributed by atoms with Gasteiger partial charge >= 0.3 is 0 Å². The normalized spacial score (nSPS) is 11.5. The molecule has 0 aromatic carbocycles. The fraction of sp³-hybridized carbons (Fsp3) is 0.692. The summed E-state index contributed by atoms with van der Waals surface area (Å²) in [5.74, 6) is 7.72. The predicted octanol–water partition coefficient (Wildman–Crippen LogP) is 1.82. The summed E-state index contributed by atoms with van der Waals surface area (Å²) in [6, 6.07) is 0. The first-order valence-electron chi connectivity index (χ1n) is 6.57. The second kappa shape index (κ2) is 6.68. The zero-order chi connectivity index (χ0) is 14.5. The molecule has 0 saturated carbocycles. The Morgan fingerprint density at radius 3 is 2.37 bits per heavy atom. The van der Waals surface area contributed by atoms with Gasteiger partial charge in [0.15, 0.2) is 0 Å². The maximum Gasteiger partial charge on any atom is 0.148 e. The van der Waals surface area contributed by atoms with E-state index >= 15 is 0 Å². The number of anilines is 2. The number of nitrogens with zero attached hydrogens (tertiary/aromatic N) is 2. The number of hydrogen-bond acceptors (Lipinski definition) is 6. The van der Waals surface area contributed by atoms with Crippen LogP contribution in [0.4, 0.5) is 11.6 Å². The van der Waals surface area contributed by atoms with Crippen LogP contribution in [0.2, 0.25) is 0 Å². The lowest BCUT2D eigenvalue weighted by atomic mass is 9.95. The first-order chi connectivity index (χ1) is 8.90. The van der Waals surface area contributed by atoms with Gasteiger partial charge < -0.3 is 15.5 Å². The molecule has 19 heavy (non-hydrogen) atoms. The molecule has 0 radical (unpaired) electrons. The van der Waals surface area contributed by atoms with E-state index in [0.717, 1.165) is 17.2 Å². The van der Waals surface area contributed by atoms with E-state index in [1.807, 2.05) is 13.8 Å². The van der Waals surface area contributed by atoms with Crippen LogP contribution in [0.3, 0.4) is 0 Å². The van der Waals surface area contributed by atoms with Crippen molar-refractivity contribution in [1.29, 1.82) is 0 Å². The zero-order valence-electron chi connectivity index (χ0n) is 12.5. The van der Waals surface area contributed by atoms with E-state index in [2.05, 4.69) is 41.5 Å². The van der Waals surface area contributed by atoms with Crippen molar-refractivity contribution in [3.05, 3.63) is 11.4 Å². The minimum Gasteiger partial charge on any atom is -0.380 e. The number of nitrogens with two attached hydrogens (primary N) is 1. The second-order valence-electron chi connectivity index (χ2n) is 5.39. The Morgan fingerprint density at radius 2 is 1.84 bits per heavy atom. The highest BCUT2D eigenvalue weighted by Gasteiger charge is 2.20. The first-order valence-corrected chi connectivity index (χ1v) is 6.57. The fourth-order valence-corrected chi connectivity index (χ4v) is 1.55. The monoisotopic (exact) mass is 267 g/mol. The van der Waals surface area contributed by atoms with E-state index in [1.165, 1.54) is 0 Å². The molecule has 1 aromatic rings. The molecule has 1 aromatic heterocycles. The topological polar surface area (TPSA) is 85.1 Å². The van der Waals surface area contributed by atoms with E-state index in [1.54, 1.807) is 0 Å². The first kappa shape index (κ1) is 15.7. The van der Waals surface area contributed by atoms with Crippen molar-refractivity contribution in [3.8, 4) is 0 Å². The van der Waals surface area contributed by atoms with Crippen LogP contribution in [0.5, 0.6) is 0 Å². The quantitative estimate of drug-likeness (QED) is 0.414. The number of ether oxygens (including phenoxy) is 1. The van der Waals surface area contributed by atoms with Crippen molar-refractivity contribution in [3.63, 3.8) is 0 Å². The Bertz CT molecular complexity index is 414. The van der Waals surface area contributed by atoms with Crippen LogP contribution in [0.25, 0.3) is 0 Å². The molecular weight excluding hydrogens is 242 g/mol. The van der Waals surface area contributed by atoms with Gasteiger partial charge in [0.05, 0.1) is 6.61 Å². The van der Waals surface area contributed by atoms with E-state index in [4.69, 9.17) is 10.6 Å². The maximum atomic E-state index is 5.52. The van der Waals surface area contributed by atoms with Crippen molar-refractivity contribution in [1.82, 2.24) is 9.97 Å². The Hall–Kier alpha value is -1.40. The van der Waals surface area contributed by atoms with E-state index in [9.17, 15) is 0 Å². The SMILES string of the molecule is CCOCCNc1nc(C(C)(C)C)nc(NN)c1C. The highest BCUT2D eigenvalue weighted by atomic mass is 16.5. The molecule has 0 saturated heterocycles. The predicted molar refractivity (Wildman–Crippen MR) is 78.3 cm³/mol. The molecule has 0 aliphatic rings. The summed E-state index contributed by atoms with van der Waals surface area (Å²) in [4.78, 5) is 9.03. The maximum absolute atomic E-state index is 5.52. The summed E-state index contributed by atoms with van der Waals surface area (Å²) in [6.07, 6.45) is 0. The van der Waals surface area contributed by atoms with E-state index in [-0.39, 0.29) is 5.41 Å². The molecule has 0 aliphatic carbocycles. The number of nitrogens with one attached hydrogen (secondary N) is 2. The van der Waals surface area contributed by atoms with Crippen LogP contribution >= 0.6 is 0 Å². The third-order valence-electron chi connectivity index (χ3n) is 2.70.